The molecule has 0 aliphatic heterocycles. The summed E-state index contributed by atoms with van der Waals surface area (Å²) in [5, 5.41) is 14.3. The molecule has 0 aliphatic carbocycles. The van der Waals surface area contributed by atoms with Crippen LogP contribution in [0.25, 0.3) is 0 Å². The number of hydrogen-bond acceptors (Lipinski definition) is 3. The van der Waals surface area contributed by atoms with Crippen molar-refractivity contribution < 1.29 is 14.7 Å². The van der Waals surface area contributed by atoms with E-state index in [2.05, 4.69) is 17.2 Å². The van der Waals surface area contributed by atoms with E-state index in [4.69, 9.17) is 16.7 Å². The summed E-state index contributed by atoms with van der Waals surface area (Å²) >= 11 is 5.77. The first kappa shape index (κ1) is 14.2. The summed E-state index contributed by atoms with van der Waals surface area (Å²) < 4.78 is 0. The molecule has 1 aromatic carbocycles. The zero-order chi connectivity index (χ0) is 13.5. The van der Waals surface area contributed by atoms with Gasteiger partial charge in [-0.3, -0.25) is 4.79 Å². The predicted octanol–water partition coefficient (Wildman–Crippen LogP) is 1.75. The molecular formula is C12H13ClN2O3. The zero-order valence-electron chi connectivity index (χ0n) is 9.57. The smallest absolute Gasteiger partial charge is 0.337 e. The van der Waals surface area contributed by atoms with Crippen LogP contribution >= 0.6 is 11.6 Å². The van der Waals surface area contributed by atoms with Gasteiger partial charge in [0.05, 0.1) is 17.1 Å². The largest absolute Gasteiger partial charge is 0.478 e. The fraction of sp³-hybridized carbons (Fsp3) is 0.167. The average Bonchev–Trinajstić information content (AvgIpc) is 2.28. The fourth-order valence-electron chi connectivity index (χ4n) is 1.26. The number of hydrogen-bond donors (Lipinski definition) is 3. The number of benzene rings is 1. The van der Waals surface area contributed by atoms with Crippen LogP contribution < -0.4 is 10.6 Å². The van der Waals surface area contributed by atoms with Crippen molar-refractivity contribution in [3.05, 3.63) is 41.4 Å². The van der Waals surface area contributed by atoms with Crippen LogP contribution in [0.1, 0.15) is 10.4 Å². The van der Waals surface area contributed by atoms with E-state index in [1.54, 1.807) is 6.08 Å². The maximum absolute atomic E-state index is 11.5. The second kappa shape index (κ2) is 6.78. The predicted molar refractivity (Wildman–Crippen MR) is 70.1 cm³/mol. The van der Waals surface area contributed by atoms with Gasteiger partial charge in [0.1, 0.15) is 0 Å². The van der Waals surface area contributed by atoms with Gasteiger partial charge in [-0.2, -0.15) is 0 Å². The first-order valence-corrected chi connectivity index (χ1v) is 5.56. The van der Waals surface area contributed by atoms with Crippen molar-refractivity contribution in [2.45, 2.75) is 0 Å². The first-order valence-electron chi connectivity index (χ1n) is 5.19. The highest BCUT2D eigenvalue weighted by molar-refractivity contribution is 6.33. The van der Waals surface area contributed by atoms with Gasteiger partial charge >= 0.3 is 5.97 Å². The van der Waals surface area contributed by atoms with Crippen molar-refractivity contribution in [2.75, 3.05) is 18.4 Å². The number of amides is 1. The number of nitrogens with one attached hydrogen (secondary N) is 2. The summed E-state index contributed by atoms with van der Waals surface area (Å²) in [6.45, 7) is 4.19. The van der Waals surface area contributed by atoms with Crippen LogP contribution in [-0.4, -0.2) is 30.1 Å². The van der Waals surface area contributed by atoms with Gasteiger partial charge in [0.2, 0.25) is 5.91 Å². The number of halogens is 1. The Morgan fingerprint density at radius 2 is 2.17 bits per heavy atom. The van der Waals surface area contributed by atoms with Crippen molar-refractivity contribution >= 4 is 29.2 Å². The second-order valence-corrected chi connectivity index (χ2v) is 3.87. The molecule has 0 heterocycles. The lowest BCUT2D eigenvalue weighted by atomic mass is 10.2. The summed E-state index contributed by atoms with van der Waals surface area (Å²) in [5.74, 6) is -1.35. The molecule has 0 radical (unpaired) electrons. The number of carboxylic acids is 1. The Balaban J connectivity index is 2.63. The minimum absolute atomic E-state index is 0.000511. The van der Waals surface area contributed by atoms with Crippen LogP contribution in [-0.2, 0) is 4.79 Å². The van der Waals surface area contributed by atoms with E-state index in [1.165, 1.54) is 18.2 Å². The molecule has 0 bridgehead atoms. The van der Waals surface area contributed by atoms with Crippen molar-refractivity contribution in [2.24, 2.45) is 0 Å². The number of carbonyl (C=O) groups is 2. The number of aromatic carboxylic acids is 1. The molecule has 0 aromatic heterocycles. The Bertz CT molecular complexity index is 474. The number of carbonyl (C=O) groups excluding carboxylic acids is 1. The van der Waals surface area contributed by atoms with Crippen molar-refractivity contribution in [1.82, 2.24) is 5.32 Å². The maximum atomic E-state index is 11.5. The lowest BCUT2D eigenvalue weighted by Crippen LogP contribution is -2.28. The van der Waals surface area contributed by atoms with Crippen LogP contribution in [0.4, 0.5) is 5.69 Å². The minimum Gasteiger partial charge on any atom is -0.478 e. The highest BCUT2D eigenvalue weighted by atomic mass is 35.5. The van der Waals surface area contributed by atoms with Gasteiger partial charge in [0, 0.05) is 12.2 Å². The van der Waals surface area contributed by atoms with E-state index in [0.29, 0.717) is 12.2 Å². The zero-order valence-corrected chi connectivity index (χ0v) is 10.3. The molecule has 0 spiro atoms. The van der Waals surface area contributed by atoms with Crippen LogP contribution in [0.5, 0.6) is 0 Å². The summed E-state index contributed by atoms with van der Waals surface area (Å²) in [6.07, 6.45) is 1.64. The van der Waals surface area contributed by atoms with Crippen molar-refractivity contribution in [3.8, 4) is 0 Å². The van der Waals surface area contributed by atoms with E-state index < -0.39 is 5.97 Å². The van der Waals surface area contributed by atoms with Gasteiger partial charge in [0.25, 0.3) is 0 Å². The van der Waals surface area contributed by atoms with Crippen LogP contribution in [0.2, 0.25) is 5.02 Å². The molecule has 6 heteroatoms. The molecule has 0 saturated carbocycles. The molecule has 1 amide bonds. The SMILES string of the molecule is C=CCNCC(=O)Nc1ccc(C(=O)O)c(Cl)c1. The number of carboxylic acid groups (broad SMARTS) is 1. The molecule has 0 aliphatic rings. The van der Waals surface area contributed by atoms with E-state index in [9.17, 15) is 9.59 Å². The van der Waals surface area contributed by atoms with Gasteiger partial charge in [-0.25, -0.2) is 4.79 Å². The van der Waals surface area contributed by atoms with Crippen LogP contribution in [0.15, 0.2) is 30.9 Å². The van der Waals surface area contributed by atoms with Crippen molar-refractivity contribution in [1.29, 1.82) is 0 Å². The van der Waals surface area contributed by atoms with Crippen LogP contribution in [0.3, 0.4) is 0 Å². The van der Waals surface area contributed by atoms with Gasteiger partial charge < -0.3 is 15.7 Å². The van der Waals surface area contributed by atoms with Gasteiger partial charge in [-0.1, -0.05) is 17.7 Å². The lowest BCUT2D eigenvalue weighted by molar-refractivity contribution is -0.115. The molecule has 0 fully saturated rings. The quantitative estimate of drug-likeness (QED) is 0.543. The van der Waals surface area contributed by atoms with Gasteiger partial charge in [-0.05, 0) is 18.2 Å². The second-order valence-electron chi connectivity index (χ2n) is 3.47. The summed E-state index contributed by atoms with van der Waals surface area (Å²) in [4.78, 5) is 22.2. The molecule has 3 N–H and O–H groups in total. The lowest BCUT2D eigenvalue weighted by Gasteiger charge is -2.07. The van der Waals surface area contributed by atoms with Gasteiger partial charge in [-0.15, -0.1) is 6.58 Å². The maximum Gasteiger partial charge on any atom is 0.337 e. The molecule has 0 atom stereocenters. The van der Waals surface area contributed by atoms with E-state index >= 15 is 0 Å². The molecule has 0 unspecified atom stereocenters. The molecular weight excluding hydrogens is 256 g/mol. The average molecular weight is 269 g/mol. The molecule has 5 nitrogen and oxygen atoms in total. The Labute approximate surface area is 109 Å². The summed E-state index contributed by atoms with van der Waals surface area (Å²) in [7, 11) is 0. The number of anilines is 1. The molecule has 0 saturated heterocycles. The standard InChI is InChI=1S/C12H13ClN2O3/c1-2-5-14-7-11(16)15-8-3-4-9(12(17)18)10(13)6-8/h2-4,6,14H,1,5,7H2,(H,15,16)(H,17,18). The third-order valence-corrected chi connectivity index (χ3v) is 2.37. The van der Waals surface area contributed by atoms with E-state index in [0.717, 1.165) is 0 Å². The normalized spacial score (nSPS) is 9.83. The van der Waals surface area contributed by atoms with E-state index in [-0.39, 0.29) is 23.0 Å². The third-order valence-electron chi connectivity index (χ3n) is 2.06. The summed E-state index contributed by atoms with van der Waals surface area (Å²) in [5.41, 5.74) is 0.454. The molecule has 1 aromatic rings. The fourth-order valence-corrected chi connectivity index (χ4v) is 1.52. The Morgan fingerprint density at radius 1 is 1.44 bits per heavy atom. The molecule has 96 valence electrons. The Hall–Kier alpha value is -1.85. The number of rotatable bonds is 6. The molecule has 1 rings (SSSR count). The van der Waals surface area contributed by atoms with Crippen molar-refractivity contribution in [3.63, 3.8) is 0 Å². The molecule has 18 heavy (non-hydrogen) atoms. The van der Waals surface area contributed by atoms with Gasteiger partial charge in [0.15, 0.2) is 0 Å². The van der Waals surface area contributed by atoms with Crippen LogP contribution in [0, 0.1) is 0 Å². The Kier molecular flexibility index (Phi) is 5.35. The highest BCUT2D eigenvalue weighted by Crippen LogP contribution is 2.20. The van der Waals surface area contributed by atoms with E-state index in [1.807, 2.05) is 0 Å². The minimum atomic E-state index is -1.11. The first-order chi connectivity index (χ1) is 8.54. The Morgan fingerprint density at radius 3 is 2.72 bits per heavy atom. The third kappa shape index (κ3) is 4.20. The monoisotopic (exact) mass is 268 g/mol. The topological polar surface area (TPSA) is 78.4 Å². The summed E-state index contributed by atoms with van der Waals surface area (Å²) in [6, 6.07) is 4.23. The highest BCUT2D eigenvalue weighted by Gasteiger charge is 2.09.